The fourth-order valence-corrected chi connectivity index (χ4v) is 1.13. The average Bonchev–Trinajstić information content (AvgIpc) is 2.03. The predicted octanol–water partition coefficient (Wildman–Crippen LogP) is 2.94. The van der Waals surface area contributed by atoms with Gasteiger partial charge in [-0.05, 0) is 18.4 Å². The van der Waals surface area contributed by atoms with Gasteiger partial charge < -0.3 is 5.11 Å². The topological polar surface area (TPSA) is 33.1 Å². The van der Waals surface area contributed by atoms with Crippen LogP contribution in [0.1, 0.15) is 37.9 Å². The zero-order chi connectivity index (χ0) is 10.0. The number of hydrogen-bond donors (Lipinski definition) is 1. The lowest BCUT2D eigenvalue weighted by Gasteiger charge is -2.08. The summed E-state index contributed by atoms with van der Waals surface area (Å²) >= 11 is 0. The molecule has 1 rings (SSSR count). The summed E-state index contributed by atoms with van der Waals surface area (Å²) in [6, 6.07) is 1.66. The van der Waals surface area contributed by atoms with E-state index in [1.807, 2.05) is 20.8 Å². The van der Waals surface area contributed by atoms with E-state index < -0.39 is 0 Å². The van der Waals surface area contributed by atoms with Crippen molar-refractivity contribution in [1.82, 2.24) is 4.98 Å². The lowest BCUT2D eigenvalue weighted by Crippen LogP contribution is -1.92. The van der Waals surface area contributed by atoms with Crippen LogP contribution in [0.3, 0.4) is 0 Å². The highest BCUT2D eigenvalue weighted by molar-refractivity contribution is 5.59. The van der Waals surface area contributed by atoms with Gasteiger partial charge in [-0.15, -0.1) is 0 Å². The van der Waals surface area contributed by atoms with Gasteiger partial charge in [0.05, 0.1) is 5.69 Å². The van der Waals surface area contributed by atoms with Crippen molar-refractivity contribution in [2.45, 2.75) is 26.7 Å². The van der Waals surface area contributed by atoms with E-state index in [9.17, 15) is 5.11 Å². The molecule has 0 aromatic carbocycles. The molecule has 70 valence electrons. The maximum Gasteiger partial charge on any atom is 0.122 e. The first-order valence-corrected chi connectivity index (χ1v) is 4.37. The molecular formula is C11H15NO. The van der Waals surface area contributed by atoms with E-state index >= 15 is 0 Å². The molecule has 0 amide bonds. The Balaban J connectivity index is 3.13. The van der Waals surface area contributed by atoms with Gasteiger partial charge in [0, 0.05) is 17.8 Å². The van der Waals surface area contributed by atoms with Crippen LogP contribution in [0.15, 0.2) is 18.8 Å². The van der Waals surface area contributed by atoms with Crippen LogP contribution in [0.4, 0.5) is 0 Å². The highest BCUT2D eigenvalue weighted by Gasteiger charge is 2.07. The van der Waals surface area contributed by atoms with Crippen molar-refractivity contribution < 1.29 is 5.11 Å². The van der Waals surface area contributed by atoms with Crippen molar-refractivity contribution in [3.05, 3.63) is 30.1 Å². The molecule has 0 spiro atoms. The number of aromatic nitrogens is 1. The number of pyridine rings is 1. The third-order valence-corrected chi connectivity index (χ3v) is 1.97. The highest BCUT2D eigenvalue weighted by Crippen LogP contribution is 2.26. The van der Waals surface area contributed by atoms with Gasteiger partial charge >= 0.3 is 0 Å². The molecule has 0 unspecified atom stereocenters. The molecule has 1 aromatic heterocycles. The lowest BCUT2D eigenvalue weighted by atomic mass is 10.0. The third kappa shape index (κ3) is 2.08. The second-order valence-electron chi connectivity index (χ2n) is 3.56. The zero-order valence-electron chi connectivity index (χ0n) is 8.33. The van der Waals surface area contributed by atoms with Gasteiger partial charge in [0.25, 0.3) is 0 Å². The molecule has 0 fully saturated rings. The van der Waals surface area contributed by atoms with Gasteiger partial charge in [0.1, 0.15) is 5.75 Å². The van der Waals surface area contributed by atoms with Crippen LogP contribution in [0.25, 0.3) is 5.57 Å². The minimum atomic E-state index is 0.298. The Bertz CT molecular complexity index is 329. The van der Waals surface area contributed by atoms with Crippen LogP contribution in [-0.4, -0.2) is 10.1 Å². The number of rotatable bonds is 2. The van der Waals surface area contributed by atoms with Gasteiger partial charge in [0.15, 0.2) is 0 Å². The van der Waals surface area contributed by atoms with Crippen LogP contribution >= 0.6 is 0 Å². The van der Waals surface area contributed by atoms with E-state index in [1.54, 1.807) is 12.3 Å². The standard InChI is InChI=1S/C11H15NO/c1-7(2)9-6-12-10(8(3)4)5-11(9)13/h5-7H,3H2,1-2,4H3,(H,12,13). The van der Waals surface area contributed by atoms with Gasteiger partial charge in [-0.2, -0.15) is 0 Å². The van der Waals surface area contributed by atoms with Crippen molar-refractivity contribution in [3.8, 4) is 5.75 Å². The summed E-state index contributed by atoms with van der Waals surface area (Å²) in [4.78, 5) is 4.20. The van der Waals surface area contributed by atoms with Crippen molar-refractivity contribution in [2.75, 3.05) is 0 Å². The summed E-state index contributed by atoms with van der Waals surface area (Å²) in [6.07, 6.45) is 1.71. The SMILES string of the molecule is C=C(C)c1cc(O)c(C(C)C)cn1. The maximum absolute atomic E-state index is 9.63. The third-order valence-electron chi connectivity index (χ3n) is 1.97. The first-order valence-electron chi connectivity index (χ1n) is 4.37. The second-order valence-corrected chi connectivity index (χ2v) is 3.56. The maximum atomic E-state index is 9.63. The molecule has 0 radical (unpaired) electrons. The summed E-state index contributed by atoms with van der Waals surface area (Å²) < 4.78 is 0. The molecule has 0 aliphatic heterocycles. The van der Waals surface area contributed by atoms with Crippen LogP contribution < -0.4 is 0 Å². The Hall–Kier alpha value is -1.31. The van der Waals surface area contributed by atoms with Crippen LogP contribution in [0.5, 0.6) is 5.75 Å². The summed E-state index contributed by atoms with van der Waals surface area (Å²) in [6.45, 7) is 9.69. The molecular weight excluding hydrogens is 162 g/mol. The number of nitrogens with zero attached hydrogens (tertiary/aromatic N) is 1. The van der Waals surface area contributed by atoms with E-state index in [4.69, 9.17) is 0 Å². The summed E-state index contributed by atoms with van der Waals surface area (Å²) in [5.74, 6) is 0.606. The van der Waals surface area contributed by atoms with Crippen LogP contribution in [0, 0.1) is 0 Å². The fourth-order valence-electron chi connectivity index (χ4n) is 1.13. The smallest absolute Gasteiger partial charge is 0.122 e. The monoisotopic (exact) mass is 177 g/mol. The summed E-state index contributed by atoms with van der Waals surface area (Å²) in [5, 5.41) is 9.63. The quantitative estimate of drug-likeness (QED) is 0.753. The van der Waals surface area contributed by atoms with Gasteiger partial charge in [-0.25, -0.2) is 0 Å². The van der Waals surface area contributed by atoms with E-state index in [0.29, 0.717) is 11.7 Å². The number of allylic oxidation sites excluding steroid dienone is 1. The molecule has 0 bridgehead atoms. The molecule has 2 nitrogen and oxygen atoms in total. The first-order chi connectivity index (χ1) is 6.02. The van der Waals surface area contributed by atoms with E-state index in [2.05, 4.69) is 11.6 Å². The minimum absolute atomic E-state index is 0.298. The van der Waals surface area contributed by atoms with Gasteiger partial charge in [-0.3, -0.25) is 4.98 Å². The molecule has 2 heteroatoms. The van der Waals surface area contributed by atoms with Gasteiger partial charge in [0.2, 0.25) is 0 Å². The van der Waals surface area contributed by atoms with E-state index in [1.165, 1.54) is 0 Å². The van der Waals surface area contributed by atoms with Gasteiger partial charge in [-0.1, -0.05) is 20.4 Å². The molecule has 1 aromatic rings. The largest absolute Gasteiger partial charge is 0.508 e. The fraction of sp³-hybridized carbons (Fsp3) is 0.364. The van der Waals surface area contributed by atoms with E-state index in [-0.39, 0.29) is 0 Å². The zero-order valence-corrected chi connectivity index (χ0v) is 8.33. The molecule has 0 aliphatic rings. The van der Waals surface area contributed by atoms with E-state index in [0.717, 1.165) is 16.8 Å². The summed E-state index contributed by atoms with van der Waals surface area (Å²) in [5.41, 5.74) is 2.50. The Kier molecular flexibility index (Phi) is 2.71. The molecule has 0 saturated carbocycles. The summed E-state index contributed by atoms with van der Waals surface area (Å²) in [7, 11) is 0. The first kappa shape index (κ1) is 9.78. The minimum Gasteiger partial charge on any atom is -0.508 e. The Morgan fingerprint density at radius 1 is 1.54 bits per heavy atom. The van der Waals surface area contributed by atoms with Crippen molar-refractivity contribution in [2.24, 2.45) is 0 Å². The molecule has 13 heavy (non-hydrogen) atoms. The van der Waals surface area contributed by atoms with Crippen LogP contribution in [-0.2, 0) is 0 Å². The Morgan fingerprint density at radius 3 is 2.54 bits per heavy atom. The van der Waals surface area contributed by atoms with Crippen molar-refractivity contribution in [1.29, 1.82) is 0 Å². The normalized spacial score (nSPS) is 10.5. The highest BCUT2D eigenvalue weighted by atomic mass is 16.3. The number of aromatic hydroxyl groups is 1. The molecule has 0 atom stereocenters. The van der Waals surface area contributed by atoms with Crippen molar-refractivity contribution >= 4 is 5.57 Å². The second kappa shape index (κ2) is 3.60. The van der Waals surface area contributed by atoms with Crippen LogP contribution in [0.2, 0.25) is 0 Å². The lowest BCUT2D eigenvalue weighted by molar-refractivity contribution is 0.463. The number of hydrogen-bond acceptors (Lipinski definition) is 2. The molecule has 0 saturated heterocycles. The predicted molar refractivity (Wildman–Crippen MR) is 54.7 cm³/mol. The average molecular weight is 177 g/mol. The molecule has 1 heterocycles. The van der Waals surface area contributed by atoms with Crippen molar-refractivity contribution in [3.63, 3.8) is 0 Å². The molecule has 0 aliphatic carbocycles. The Labute approximate surface area is 78.9 Å². The molecule has 1 N–H and O–H groups in total. The Morgan fingerprint density at radius 2 is 2.15 bits per heavy atom.